The lowest BCUT2D eigenvalue weighted by Gasteiger charge is -2.17. The molecule has 0 amide bonds. The van der Waals surface area contributed by atoms with Crippen molar-refractivity contribution in [2.45, 2.75) is 26.7 Å². The lowest BCUT2D eigenvalue weighted by Crippen LogP contribution is -2.05. The molecule has 0 N–H and O–H groups in total. The van der Waals surface area contributed by atoms with E-state index in [1.54, 1.807) is 19.1 Å². The molecule has 0 aliphatic carbocycles. The summed E-state index contributed by atoms with van der Waals surface area (Å²) in [5.74, 6) is 0.997. The van der Waals surface area contributed by atoms with Crippen LogP contribution in [-0.2, 0) is 19.2 Å². The van der Waals surface area contributed by atoms with Gasteiger partial charge in [0.15, 0.2) is 0 Å². The Hall–Kier alpha value is -0.690. The first kappa shape index (κ1) is 19.4. The Labute approximate surface area is 135 Å². The van der Waals surface area contributed by atoms with Crippen LogP contribution in [0.5, 0.6) is 11.5 Å². The normalized spacial score (nSPS) is 14.3. The molecular weight excluding hydrogens is 347 g/mol. The lowest BCUT2D eigenvalue weighted by molar-refractivity contribution is 0.296. The van der Waals surface area contributed by atoms with Gasteiger partial charge in [-0.25, -0.2) is 4.57 Å². The summed E-state index contributed by atoms with van der Waals surface area (Å²) >= 11 is 1.14. The number of rotatable bonds is 10. The molecule has 0 spiro atoms. The van der Waals surface area contributed by atoms with E-state index in [-0.39, 0.29) is 18.1 Å². The van der Waals surface area contributed by atoms with Gasteiger partial charge in [0.2, 0.25) is 0 Å². The zero-order valence-electron chi connectivity index (χ0n) is 12.9. The van der Waals surface area contributed by atoms with Crippen LogP contribution in [-0.4, -0.2) is 27.0 Å². The molecule has 1 aromatic rings. The number of benzene rings is 1. The van der Waals surface area contributed by atoms with Crippen LogP contribution < -0.4 is 8.71 Å². The van der Waals surface area contributed by atoms with Crippen LogP contribution in [0.25, 0.3) is 0 Å². The van der Waals surface area contributed by atoms with Crippen molar-refractivity contribution >= 4 is 28.3 Å². The Morgan fingerprint density at radius 1 is 1.23 bits per heavy atom. The fourth-order valence-electron chi connectivity index (χ4n) is 1.46. The van der Waals surface area contributed by atoms with Crippen molar-refractivity contribution in [2.75, 3.05) is 18.6 Å². The minimum absolute atomic E-state index is 0.0987. The molecule has 0 fully saturated rings. The van der Waals surface area contributed by atoms with E-state index < -0.39 is 16.9 Å². The molecule has 1 aromatic carbocycles. The van der Waals surface area contributed by atoms with E-state index in [9.17, 15) is 13.0 Å². The molecule has 0 saturated heterocycles. The van der Waals surface area contributed by atoms with Crippen molar-refractivity contribution in [1.29, 1.82) is 0 Å². The van der Waals surface area contributed by atoms with Gasteiger partial charge in [0.1, 0.15) is 11.5 Å². The summed E-state index contributed by atoms with van der Waals surface area (Å²) in [5.41, 5.74) is 0. The third-order valence-corrected chi connectivity index (χ3v) is 6.63. The Balaban J connectivity index is 2.84. The highest BCUT2D eigenvalue weighted by atomic mass is 32.7. The van der Waals surface area contributed by atoms with Crippen LogP contribution in [0.1, 0.15) is 26.7 Å². The third-order valence-electron chi connectivity index (χ3n) is 2.30. The van der Waals surface area contributed by atoms with Crippen molar-refractivity contribution in [2.24, 2.45) is 0 Å². The van der Waals surface area contributed by atoms with Crippen LogP contribution in [0.4, 0.5) is 0 Å². The van der Waals surface area contributed by atoms with Gasteiger partial charge in [0.25, 0.3) is 0 Å². The van der Waals surface area contributed by atoms with E-state index in [4.69, 9.17) is 13.2 Å². The molecule has 22 heavy (non-hydrogen) atoms. The predicted octanol–water partition coefficient (Wildman–Crippen LogP) is 4.08. The average molecular weight is 368 g/mol. The van der Waals surface area contributed by atoms with Crippen LogP contribution in [0.3, 0.4) is 0 Å². The second kappa shape index (κ2) is 8.82. The van der Waals surface area contributed by atoms with Gasteiger partial charge < -0.3 is 8.71 Å². The molecular formula is C13H21O6PS2. The maximum Gasteiger partial charge on any atom is 0.440 e. The summed E-state index contributed by atoms with van der Waals surface area (Å²) in [6.45, 7) is 0.706. The Bertz CT molecular complexity index is 617. The molecule has 0 heterocycles. The molecule has 0 aliphatic rings. The van der Waals surface area contributed by atoms with Gasteiger partial charge in [0, 0.05) is 11.8 Å². The van der Waals surface area contributed by atoms with Crippen LogP contribution in [0, 0.1) is 0 Å². The Morgan fingerprint density at radius 2 is 1.91 bits per heavy atom. The monoisotopic (exact) mass is 368 g/mol. The molecule has 0 aliphatic heterocycles. The van der Waals surface area contributed by atoms with Gasteiger partial charge >= 0.3 is 16.9 Å². The maximum absolute atomic E-state index is 12.6. The van der Waals surface area contributed by atoms with E-state index in [0.29, 0.717) is 5.75 Å². The molecule has 0 bridgehead atoms. The van der Waals surface area contributed by atoms with Gasteiger partial charge in [-0.05, 0) is 36.9 Å². The first-order valence-electron chi connectivity index (χ1n) is 6.86. The zero-order valence-corrected chi connectivity index (χ0v) is 15.4. The molecule has 0 radical (unpaired) electrons. The minimum Gasteiger partial charge on any atom is -0.417 e. The van der Waals surface area contributed by atoms with Crippen molar-refractivity contribution in [3.63, 3.8) is 0 Å². The highest BCUT2D eigenvalue weighted by Crippen LogP contribution is 2.60. The predicted molar refractivity (Wildman–Crippen MR) is 89.1 cm³/mol. The van der Waals surface area contributed by atoms with E-state index in [2.05, 4.69) is 0 Å². The highest BCUT2D eigenvalue weighted by molar-refractivity contribution is 8.55. The standard InChI is InChI=1S/C13H21O6PS2/c1-4-6-10-21-20(14,17-5-2)18-12-8-7-9-13(11-12)19-22(3,15)16/h7-9,11H,4-6,10H2,1-3H3. The summed E-state index contributed by atoms with van der Waals surface area (Å²) in [7, 11) is -3.63. The largest absolute Gasteiger partial charge is 0.440 e. The Morgan fingerprint density at radius 3 is 2.50 bits per heavy atom. The minimum atomic E-state index is -3.63. The van der Waals surface area contributed by atoms with E-state index in [0.717, 1.165) is 30.5 Å². The molecule has 6 nitrogen and oxygen atoms in total. The second-order valence-electron chi connectivity index (χ2n) is 4.41. The van der Waals surface area contributed by atoms with Gasteiger partial charge in [0.05, 0.1) is 12.9 Å². The first-order chi connectivity index (χ1) is 10.3. The first-order valence-corrected chi connectivity index (χ1v) is 11.8. The second-order valence-corrected chi connectivity index (χ2v) is 10.1. The molecule has 9 heteroatoms. The van der Waals surface area contributed by atoms with E-state index in [1.165, 1.54) is 12.1 Å². The summed E-state index contributed by atoms with van der Waals surface area (Å²) in [6.07, 6.45) is 2.84. The molecule has 1 rings (SSSR count). The molecule has 0 aromatic heterocycles. The number of hydrogen-bond donors (Lipinski definition) is 0. The molecule has 0 saturated carbocycles. The van der Waals surface area contributed by atoms with Crippen LogP contribution >= 0.6 is 18.2 Å². The van der Waals surface area contributed by atoms with Crippen molar-refractivity contribution in [3.05, 3.63) is 24.3 Å². The highest BCUT2D eigenvalue weighted by Gasteiger charge is 2.26. The van der Waals surface area contributed by atoms with Gasteiger partial charge in [-0.3, -0.25) is 4.52 Å². The van der Waals surface area contributed by atoms with Crippen LogP contribution in [0.2, 0.25) is 0 Å². The van der Waals surface area contributed by atoms with E-state index in [1.807, 2.05) is 6.92 Å². The smallest absolute Gasteiger partial charge is 0.417 e. The van der Waals surface area contributed by atoms with E-state index >= 15 is 0 Å². The molecule has 1 atom stereocenters. The SMILES string of the molecule is CCCCSP(=O)(OCC)Oc1cccc(OS(C)(=O)=O)c1. The number of hydrogen-bond acceptors (Lipinski definition) is 7. The van der Waals surface area contributed by atoms with Crippen molar-refractivity contribution in [1.82, 2.24) is 0 Å². The lowest BCUT2D eigenvalue weighted by atomic mass is 10.3. The Kier molecular flexibility index (Phi) is 7.76. The molecule has 126 valence electrons. The number of unbranched alkanes of at least 4 members (excludes halogenated alkanes) is 1. The van der Waals surface area contributed by atoms with Crippen molar-refractivity contribution in [3.8, 4) is 11.5 Å². The van der Waals surface area contributed by atoms with Crippen molar-refractivity contribution < 1.29 is 26.2 Å². The average Bonchev–Trinajstić information content (AvgIpc) is 2.37. The fraction of sp³-hybridized carbons (Fsp3) is 0.538. The van der Waals surface area contributed by atoms with Gasteiger partial charge in [-0.1, -0.05) is 19.4 Å². The summed E-state index contributed by atoms with van der Waals surface area (Å²) in [6, 6.07) is 5.97. The molecule has 1 unspecified atom stereocenters. The quantitative estimate of drug-likeness (QED) is 0.350. The summed E-state index contributed by atoms with van der Waals surface area (Å²) in [4.78, 5) is 0. The summed E-state index contributed by atoms with van der Waals surface area (Å²) in [5, 5.41) is 0. The zero-order chi connectivity index (χ0) is 16.6. The topological polar surface area (TPSA) is 78.9 Å². The third kappa shape index (κ3) is 7.54. The van der Waals surface area contributed by atoms with Gasteiger partial charge in [-0.15, -0.1) is 0 Å². The van der Waals surface area contributed by atoms with Gasteiger partial charge in [-0.2, -0.15) is 8.42 Å². The summed E-state index contributed by atoms with van der Waals surface area (Å²) < 4.78 is 50.4. The van der Waals surface area contributed by atoms with Crippen LogP contribution in [0.15, 0.2) is 24.3 Å². The maximum atomic E-state index is 12.6. The fourth-order valence-corrected chi connectivity index (χ4v) is 5.43.